The van der Waals surface area contributed by atoms with Crippen LogP contribution in [0.4, 0.5) is 23.0 Å². The molecular formula is C53H62N12O5S2. The number of carbonyl (C=O) groups is 3. The van der Waals surface area contributed by atoms with Crippen molar-refractivity contribution >= 4 is 96.3 Å². The summed E-state index contributed by atoms with van der Waals surface area (Å²) in [5, 5.41) is 12.1. The zero-order valence-corrected chi connectivity index (χ0v) is 43.0. The van der Waals surface area contributed by atoms with E-state index in [0.717, 1.165) is 123 Å². The van der Waals surface area contributed by atoms with E-state index >= 15 is 0 Å². The van der Waals surface area contributed by atoms with Crippen LogP contribution in [0.3, 0.4) is 0 Å². The monoisotopic (exact) mass is 1010 g/mol. The first-order valence-electron chi connectivity index (χ1n) is 25.0. The highest BCUT2D eigenvalue weighted by atomic mass is 32.1. The Kier molecular flexibility index (Phi) is 14.7. The van der Waals surface area contributed by atoms with Gasteiger partial charge in [0.2, 0.25) is 17.7 Å². The minimum Gasteiger partial charge on any atom is -0.490 e. The van der Waals surface area contributed by atoms with E-state index in [9.17, 15) is 14.4 Å². The van der Waals surface area contributed by atoms with E-state index in [1.54, 1.807) is 45.1 Å². The zero-order chi connectivity index (χ0) is 49.9. The van der Waals surface area contributed by atoms with Gasteiger partial charge in [-0.05, 0) is 115 Å². The summed E-state index contributed by atoms with van der Waals surface area (Å²) in [6.45, 7) is 3.00. The molecule has 19 heteroatoms. The Morgan fingerprint density at radius 3 is 1.67 bits per heavy atom. The third-order valence-electron chi connectivity index (χ3n) is 14.2. The number of hydrogen-bond donors (Lipinski definition) is 4. The number of fused-ring (bicyclic) bond motifs is 8. The fourth-order valence-corrected chi connectivity index (χ4v) is 13.1. The minimum atomic E-state index is 0.00888. The molecule has 1 fully saturated rings. The minimum absolute atomic E-state index is 0.00888. The molecule has 5 N–H and O–H groups in total. The Hall–Kier alpha value is -6.57. The number of nitrogens with two attached hydrogens (primary N) is 1. The molecule has 2 aliphatic heterocycles. The van der Waals surface area contributed by atoms with Gasteiger partial charge >= 0.3 is 0 Å². The van der Waals surface area contributed by atoms with Gasteiger partial charge in [0, 0.05) is 75.2 Å². The quantitative estimate of drug-likeness (QED) is 0.0735. The van der Waals surface area contributed by atoms with Crippen molar-refractivity contribution in [2.45, 2.75) is 83.7 Å². The number of rotatable bonds is 15. The Morgan fingerprint density at radius 1 is 0.681 bits per heavy atom. The van der Waals surface area contributed by atoms with Crippen molar-refractivity contribution in [1.82, 2.24) is 35.1 Å². The van der Waals surface area contributed by atoms with Gasteiger partial charge in [0.1, 0.15) is 58.7 Å². The number of ether oxygens (including phenoxy) is 2. The number of thiophene rings is 2. The number of nitrogens with one attached hydrogen (secondary N) is 3. The van der Waals surface area contributed by atoms with Crippen molar-refractivity contribution in [2.24, 2.45) is 33.5 Å². The predicted octanol–water partition coefficient (Wildman–Crippen LogP) is 7.53. The van der Waals surface area contributed by atoms with Crippen molar-refractivity contribution in [1.29, 1.82) is 0 Å². The fraction of sp³-hybridized carbons (Fsp3) is 0.453. The van der Waals surface area contributed by atoms with E-state index in [2.05, 4.69) is 58.0 Å². The number of aromatic nitrogens is 4. The smallest absolute Gasteiger partial charge is 0.225 e. The van der Waals surface area contributed by atoms with Gasteiger partial charge in [0.25, 0.3) is 0 Å². The number of carbonyl (C=O) groups excluding carboxylic acids is 3. The average Bonchev–Trinajstić information content (AvgIpc) is 4.25. The van der Waals surface area contributed by atoms with Crippen molar-refractivity contribution in [2.75, 3.05) is 65.1 Å². The van der Waals surface area contributed by atoms with Gasteiger partial charge in [-0.25, -0.2) is 19.9 Å². The van der Waals surface area contributed by atoms with Gasteiger partial charge in [-0.2, -0.15) is 0 Å². The SMILES string of the molecule is CN(C)C(=O)[C@H]1CCc2c(sc3ncnc(Nc4cc5c(cc4OCCN)CN=C5)c23)C1.CN(C)C(=O)[C@H]1CCc2c(sc3ncnc(Nc4cc5c(cc4OCCNC(=O)CC4CCCC4)CN=C5)c23)C1. The summed E-state index contributed by atoms with van der Waals surface area (Å²) in [7, 11) is 7.28. The lowest BCUT2D eigenvalue weighted by Gasteiger charge is -2.24. The van der Waals surface area contributed by atoms with Crippen LogP contribution in [-0.4, -0.2) is 114 Å². The van der Waals surface area contributed by atoms with E-state index in [-0.39, 0.29) is 29.6 Å². The summed E-state index contributed by atoms with van der Waals surface area (Å²) in [4.78, 5) is 72.3. The third-order valence-corrected chi connectivity index (χ3v) is 16.6. The van der Waals surface area contributed by atoms with E-state index in [4.69, 9.17) is 15.2 Å². The second-order valence-corrected chi connectivity index (χ2v) is 21.8. The van der Waals surface area contributed by atoms with Gasteiger partial charge in [-0.1, -0.05) is 12.8 Å². The molecule has 2 atom stereocenters. The molecule has 4 aromatic heterocycles. The number of hydrogen-bond acceptors (Lipinski definition) is 16. The second kappa shape index (κ2) is 21.6. The van der Waals surface area contributed by atoms with Crippen LogP contribution in [0.5, 0.6) is 11.5 Å². The van der Waals surface area contributed by atoms with Crippen molar-refractivity contribution in [3.05, 3.63) is 80.1 Å². The maximum absolute atomic E-state index is 12.6. The highest BCUT2D eigenvalue weighted by Crippen LogP contribution is 2.44. The Morgan fingerprint density at radius 2 is 1.18 bits per heavy atom. The molecule has 0 unspecified atom stereocenters. The number of anilines is 4. The molecule has 3 aliphatic carbocycles. The second-order valence-electron chi connectivity index (χ2n) is 19.6. The first-order chi connectivity index (χ1) is 35.0. The van der Waals surface area contributed by atoms with Gasteiger partial charge < -0.3 is 41.0 Å². The van der Waals surface area contributed by atoms with Crippen LogP contribution in [0.1, 0.15) is 88.1 Å². The lowest BCUT2D eigenvalue weighted by molar-refractivity contribution is -0.134. The number of nitrogens with zero attached hydrogens (tertiary/aromatic N) is 8. The van der Waals surface area contributed by atoms with Crippen molar-refractivity contribution in [3.63, 3.8) is 0 Å². The molecular weight excluding hydrogens is 949 g/mol. The highest BCUT2D eigenvalue weighted by Gasteiger charge is 2.32. The number of benzene rings is 2. The Balaban J connectivity index is 0.000000170. The maximum Gasteiger partial charge on any atom is 0.225 e. The molecule has 2 aromatic carbocycles. The third kappa shape index (κ3) is 10.5. The molecule has 5 aliphatic rings. The van der Waals surface area contributed by atoms with Crippen molar-refractivity contribution < 1.29 is 23.9 Å². The van der Waals surface area contributed by atoms with Crippen LogP contribution >= 0.6 is 22.7 Å². The normalized spacial score (nSPS) is 17.4. The fourth-order valence-electron chi connectivity index (χ4n) is 10.6. The van der Waals surface area contributed by atoms with Crippen molar-refractivity contribution in [3.8, 4) is 11.5 Å². The molecule has 1 saturated carbocycles. The number of amides is 3. The predicted molar refractivity (Wildman–Crippen MR) is 285 cm³/mol. The molecule has 6 aromatic rings. The molecule has 72 heavy (non-hydrogen) atoms. The topological polar surface area (TPSA) is 215 Å². The first-order valence-corrected chi connectivity index (χ1v) is 26.7. The van der Waals surface area contributed by atoms with Crippen LogP contribution in [-0.2, 0) is 53.2 Å². The molecule has 0 bridgehead atoms. The molecule has 0 radical (unpaired) electrons. The van der Waals surface area contributed by atoms with Gasteiger partial charge in [0.15, 0.2) is 0 Å². The van der Waals surface area contributed by atoms with Gasteiger partial charge in [0.05, 0.1) is 41.8 Å². The molecule has 17 nitrogen and oxygen atoms in total. The van der Waals surface area contributed by atoms with Crippen LogP contribution in [0.2, 0.25) is 0 Å². The molecule has 376 valence electrons. The number of aryl methyl sites for hydroxylation is 2. The first kappa shape index (κ1) is 49.0. The van der Waals surface area contributed by atoms with Gasteiger partial charge in [-0.15, -0.1) is 22.7 Å². The lowest BCUT2D eigenvalue weighted by Crippen LogP contribution is -2.32. The summed E-state index contributed by atoms with van der Waals surface area (Å²) >= 11 is 3.32. The Bertz CT molecular complexity index is 3090. The summed E-state index contributed by atoms with van der Waals surface area (Å²) in [6, 6.07) is 8.16. The standard InChI is InChI=1S/C30H36N6O3S.C23H26N6O2S/c1-36(2)30(38)19-7-8-22-25(14-19)40-29-27(22)28(33-17-34-29)35-23-12-20-15-31-16-21(20)13-24(23)39-10-9-32-26(37)11-18-5-3-4-6-18;1-29(2)23(30)13-3-4-16-19(9-13)32-22-20(16)21(26-12-27-22)28-17-7-14-10-25-11-15(14)8-18(17)31-6-5-24/h12-13,15,17-19H,3-11,14,16H2,1-2H3,(H,32,37)(H,33,34,35);7-8,10,12-13H,3-6,9,11,24H2,1-2H3,(H,26,27,28)/t19-;13-/m00/s1. The molecule has 6 heterocycles. The lowest BCUT2D eigenvalue weighted by atomic mass is 9.87. The van der Waals surface area contributed by atoms with E-state index < -0.39 is 0 Å². The summed E-state index contributed by atoms with van der Waals surface area (Å²) in [6.07, 6.45) is 17.2. The Labute approximate surface area is 427 Å². The highest BCUT2D eigenvalue weighted by molar-refractivity contribution is 7.19. The largest absolute Gasteiger partial charge is 0.490 e. The summed E-state index contributed by atoms with van der Waals surface area (Å²) < 4.78 is 12.1. The molecule has 0 spiro atoms. The van der Waals surface area contributed by atoms with E-state index in [1.165, 1.54) is 33.7 Å². The van der Waals surface area contributed by atoms with Crippen LogP contribution < -0.4 is 31.2 Å². The summed E-state index contributed by atoms with van der Waals surface area (Å²) in [5.41, 5.74) is 14.2. The molecule has 0 saturated heterocycles. The van der Waals surface area contributed by atoms with Gasteiger partial charge in [-0.3, -0.25) is 24.4 Å². The maximum atomic E-state index is 12.6. The zero-order valence-electron chi connectivity index (χ0n) is 41.4. The number of aliphatic imine (C=N–C) groups is 2. The van der Waals surface area contributed by atoms with Crippen LogP contribution in [0.15, 0.2) is 46.9 Å². The van der Waals surface area contributed by atoms with Crippen LogP contribution in [0, 0.1) is 17.8 Å². The average molecular weight is 1010 g/mol. The van der Waals surface area contributed by atoms with E-state index in [1.807, 2.05) is 52.8 Å². The van der Waals surface area contributed by atoms with Crippen LogP contribution in [0.25, 0.3) is 20.4 Å². The van der Waals surface area contributed by atoms with E-state index in [0.29, 0.717) is 57.5 Å². The summed E-state index contributed by atoms with van der Waals surface area (Å²) in [5.74, 6) is 4.01. The molecule has 11 rings (SSSR count). The molecule has 3 amide bonds.